The summed E-state index contributed by atoms with van der Waals surface area (Å²) in [5, 5.41) is 0. The van der Waals surface area contributed by atoms with Crippen molar-refractivity contribution < 1.29 is 9.59 Å². The number of hydrogen-bond acceptors (Lipinski definition) is 2. The van der Waals surface area contributed by atoms with Gasteiger partial charge in [0, 0.05) is 19.9 Å². The van der Waals surface area contributed by atoms with Gasteiger partial charge in [-0.05, 0) is 12.8 Å². The molecule has 0 aromatic heterocycles. The third-order valence-corrected chi connectivity index (χ3v) is 2.38. The summed E-state index contributed by atoms with van der Waals surface area (Å²) in [4.78, 5) is 24.1. The lowest BCUT2D eigenvalue weighted by Gasteiger charge is -2.21. The lowest BCUT2D eigenvalue weighted by atomic mass is 10.1. The van der Waals surface area contributed by atoms with Crippen molar-refractivity contribution in [1.29, 1.82) is 0 Å². The van der Waals surface area contributed by atoms with E-state index < -0.39 is 0 Å². The summed E-state index contributed by atoms with van der Waals surface area (Å²) >= 11 is 0. The minimum Gasteiger partial charge on any atom is -0.333 e. The molecule has 1 amide bonds. The van der Waals surface area contributed by atoms with Gasteiger partial charge in [-0.2, -0.15) is 0 Å². The van der Waals surface area contributed by atoms with Crippen LogP contribution in [0.15, 0.2) is 0 Å². The molecule has 1 heterocycles. The summed E-state index contributed by atoms with van der Waals surface area (Å²) < 4.78 is 0. The molecule has 0 aromatic rings. The Morgan fingerprint density at radius 2 is 2.17 bits per heavy atom. The third-order valence-electron chi connectivity index (χ3n) is 2.38. The molecule has 0 N–H and O–H groups in total. The van der Waals surface area contributed by atoms with Crippen LogP contribution >= 0.6 is 0 Å². The van der Waals surface area contributed by atoms with Gasteiger partial charge in [0.2, 0.25) is 5.91 Å². The maximum absolute atomic E-state index is 11.3. The van der Waals surface area contributed by atoms with E-state index in [1.54, 1.807) is 4.90 Å². The van der Waals surface area contributed by atoms with Crippen molar-refractivity contribution in [2.75, 3.05) is 6.54 Å². The molecule has 0 aliphatic carbocycles. The molecule has 1 rings (SSSR count). The van der Waals surface area contributed by atoms with Crippen LogP contribution in [0, 0.1) is 0 Å². The van der Waals surface area contributed by atoms with Gasteiger partial charge in [-0.3, -0.25) is 9.59 Å². The average molecular weight is 169 g/mol. The van der Waals surface area contributed by atoms with Crippen molar-refractivity contribution in [3.63, 3.8) is 0 Å². The van der Waals surface area contributed by atoms with Crippen LogP contribution in [0.5, 0.6) is 0 Å². The van der Waals surface area contributed by atoms with Crippen LogP contribution in [0.3, 0.4) is 0 Å². The van der Waals surface area contributed by atoms with E-state index in [0.717, 1.165) is 19.4 Å². The van der Waals surface area contributed by atoms with E-state index in [1.165, 1.54) is 6.92 Å². The summed E-state index contributed by atoms with van der Waals surface area (Å²) in [5.74, 6) is 0.224. The monoisotopic (exact) mass is 169 g/mol. The molecule has 0 unspecified atom stereocenters. The van der Waals surface area contributed by atoms with Gasteiger partial charge < -0.3 is 4.90 Å². The zero-order chi connectivity index (χ0) is 9.14. The number of hydrogen-bond donors (Lipinski definition) is 0. The Balaban J connectivity index is 2.63. The van der Waals surface area contributed by atoms with Crippen molar-refractivity contribution in [2.45, 2.75) is 39.2 Å². The molecular formula is C9H15NO2. The lowest BCUT2D eigenvalue weighted by molar-refractivity contribution is -0.135. The molecule has 0 spiro atoms. The molecule has 0 aromatic carbocycles. The summed E-state index contributed by atoms with van der Waals surface area (Å²) in [6.45, 7) is 4.13. The molecule has 3 heteroatoms. The van der Waals surface area contributed by atoms with Gasteiger partial charge in [0.25, 0.3) is 0 Å². The Morgan fingerprint density at radius 1 is 1.50 bits per heavy atom. The Hall–Kier alpha value is -0.860. The first-order valence-electron chi connectivity index (χ1n) is 4.46. The highest BCUT2D eigenvalue weighted by atomic mass is 16.2. The Labute approximate surface area is 72.7 Å². The first-order valence-corrected chi connectivity index (χ1v) is 4.46. The predicted octanol–water partition coefficient (Wildman–Crippen LogP) is 0.976. The van der Waals surface area contributed by atoms with Crippen LogP contribution < -0.4 is 0 Å². The smallest absolute Gasteiger partial charge is 0.220 e. The second-order valence-corrected chi connectivity index (χ2v) is 3.19. The summed E-state index contributed by atoms with van der Waals surface area (Å²) in [7, 11) is 0. The largest absolute Gasteiger partial charge is 0.333 e. The molecule has 12 heavy (non-hydrogen) atoms. The van der Waals surface area contributed by atoms with Gasteiger partial charge in [0.05, 0.1) is 6.04 Å². The molecule has 0 radical (unpaired) electrons. The highest BCUT2D eigenvalue weighted by Crippen LogP contribution is 2.18. The molecule has 1 aliphatic rings. The maximum atomic E-state index is 11.3. The fraction of sp³-hybridized carbons (Fsp3) is 0.778. The highest BCUT2D eigenvalue weighted by Gasteiger charge is 2.30. The maximum Gasteiger partial charge on any atom is 0.220 e. The van der Waals surface area contributed by atoms with Gasteiger partial charge >= 0.3 is 0 Å². The van der Waals surface area contributed by atoms with Crippen LogP contribution in [0.1, 0.15) is 33.1 Å². The molecule has 1 fully saturated rings. The Bertz CT molecular complexity index is 201. The second kappa shape index (κ2) is 3.70. The molecule has 1 aliphatic heterocycles. The SMILES string of the molecule is CCC(=O)[C@@H]1CCCN1C(C)=O. The van der Waals surface area contributed by atoms with E-state index in [0.29, 0.717) is 6.42 Å². The standard InChI is InChI=1S/C9H15NO2/c1-3-9(12)8-5-4-6-10(8)7(2)11/h8H,3-6H2,1-2H3/t8-/m0/s1. The predicted molar refractivity (Wildman–Crippen MR) is 45.7 cm³/mol. The van der Waals surface area contributed by atoms with Crippen molar-refractivity contribution in [3.05, 3.63) is 0 Å². The normalized spacial score (nSPS) is 22.8. The summed E-state index contributed by atoms with van der Waals surface area (Å²) in [6.07, 6.45) is 2.36. The van der Waals surface area contributed by atoms with E-state index in [4.69, 9.17) is 0 Å². The van der Waals surface area contributed by atoms with Gasteiger partial charge in [0.15, 0.2) is 5.78 Å². The van der Waals surface area contributed by atoms with Gasteiger partial charge in [-0.15, -0.1) is 0 Å². The number of carbonyl (C=O) groups excluding carboxylic acids is 2. The fourth-order valence-corrected chi connectivity index (χ4v) is 1.71. The minimum atomic E-state index is -0.118. The van der Waals surface area contributed by atoms with Gasteiger partial charge in [-0.25, -0.2) is 0 Å². The number of amides is 1. The Morgan fingerprint density at radius 3 is 2.67 bits per heavy atom. The molecule has 0 saturated carbocycles. The van der Waals surface area contributed by atoms with E-state index in [1.807, 2.05) is 6.92 Å². The summed E-state index contributed by atoms with van der Waals surface area (Å²) in [6, 6.07) is -0.118. The number of nitrogens with zero attached hydrogens (tertiary/aromatic N) is 1. The fourth-order valence-electron chi connectivity index (χ4n) is 1.71. The number of carbonyl (C=O) groups is 2. The number of Topliss-reactive ketones (excluding diaryl/α,β-unsaturated/α-hetero) is 1. The second-order valence-electron chi connectivity index (χ2n) is 3.19. The molecular weight excluding hydrogens is 154 g/mol. The van der Waals surface area contributed by atoms with E-state index in [-0.39, 0.29) is 17.7 Å². The van der Waals surface area contributed by atoms with Crippen LogP contribution in [0.25, 0.3) is 0 Å². The average Bonchev–Trinajstić information content (AvgIpc) is 2.50. The zero-order valence-electron chi connectivity index (χ0n) is 7.67. The van der Waals surface area contributed by atoms with Crippen LogP contribution in [0.4, 0.5) is 0 Å². The van der Waals surface area contributed by atoms with Crippen molar-refractivity contribution in [3.8, 4) is 0 Å². The lowest BCUT2D eigenvalue weighted by Crippen LogP contribution is -2.38. The number of ketones is 1. The number of rotatable bonds is 2. The van der Waals surface area contributed by atoms with Gasteiger partial charge in [0.1, 0.15) is 0 Å². The van der Waals surface area contributed by atoms with Gasteiger partial charge in [-0.1, -0.05) is 6.92 Å². The molecule has 1 saturated heterocycles. The van der Waals surface area contributed by atoms with E-state index >= 15 is 0 Å². The van der Waals surface area contributed by atoms with Crippen molar-refractivity contribution in [2.24, 2.45) is 0 Å². The first kappa shape index (κ1) is 9.23. The summed E-state index contributed by atoms with van der Waals surface area (Å²) in [5.41, 5.74) is 0. The third kappa shape index (κ3) is 1.65. The Kier molecular flexibility index (Phi) is 2.84. The van der Waals surface area contributed by atoms with Crippen molar-refractivity contribution in [1.82, 2.24) is 4.90 Å². The van der Waals surface area contributed by atoms with Crippen LogP contribution in [0.2, 0.25) is 0 Å². The number of likely N-dealkylation sites (tertiary alicyclic amines) is 1. The molecule has 3 nitrogen and oxygen atoms in total. The van der Waals surface area contributed by atoms with Crippen LogP contribution in [-0.2, 0) is 9.59 Å². The topological polar surface area (TPSA) is 37.4 Å². The molecule has 0 bridgehead atoms. The van der Waals surface area contributed by atoms with E-state index in [9.17, 15) is 9.59 Å². The highest BCUT2D eigenvalue weighted by molar-refractivity contribution is 5.88. The molecule has 68 valence electrons. The first-order chi connectivity index (χ1) is 5.66. The zero-order valence-corrected chi connectivity index (χ0v) is 7.67. The quantitative estimate of drug-likeness (QED) is 0.618. The van der Waals surface area contributed by atoms with Crippen LogP contribution in [-0.4, -0.2) is 29.2 Å². The minimum absolute atomic E-state index is 0.0271. The van der Waals surface area contributed by atoms with Crippen molar-refractivity contribution >= 4 is 11.7 Å². The molecule has 1 atom stereocenters. The van der Waals surface area contributed by atoms with E-state index in [2.05, 4.69) is 0 Å².